The van der Waals surface area contributed by atoms with E-state index >= 15 is 0 Å². The fraction of sp³-hybridized carbons (Fsp3) is 0.600. The quantitative estimate of drug-likeness (QED) is 0.701. The molecule has 0 atom stereocenters. The molecule has 1 amide bonds. The van der Waals surface area contributed by atoms with Crippen molar-refractivity contribution >= 4 is 16.1 Å². The van der Waals surface area contributed by atoms with Gasteiger partial charge in [-0.15, -0.1) is 0 Å². The number of sulfonamides is 1. The molecular weight excluding hydrogens is 432 g/mol. The predicted octanol–water partition coefficient (Wildman–Crippen LogP) is 2.45. The Morgan fingerprint density at radius 3 is 2.24 bits per heavy atom. The number of alkyl halides is 6. The molecule has 0 radical (unpaired) electrons. The molecule has 0 unspecified atom stereocenters. The summed E-state index contributed by atoms with van der Waals surface area (Å²) >= 11 is 0. The molecule has 1 aromatic rings. The Morgan fingerprint density at radius 2 is 1.79 bits per heavy atom. The number of amides is 1. The van der Waals surface area contributed by atoms with E-state index in [0.717, 1.165) is 6.20 Å². The lowest BCUT2D eigenvalue weighted by Gasteiger charge is -2.43. The maximum atomic E-state index is 12.5. The summed E-state index contributed by atoms with van der Waals surface area (Å²) in [6.45, 7) is -0.451. The standard InChI is InChI=1S/C15H15F6N3O4S/c16-14(17,18)11(15(19,20)21)28-12(25)24-7-9(8-24)13(3-4-13)23-29(26,27)10-2-1-5-22-6-10/h1-2,5-6,9,11,23H,3-4,7-8H2. The van der Waals surface area contributed by atoms with Gasteiger partial charge in [0.05, 0.1) is 0 Å². The van der Waals surface area contributed by atoms with E-state index in [2.05, 4.69) is 14.4 Å². The Hall–Kier alpha value is -2.09. The summed E-state index contributed by atoms with van der Waals surface area (Å²) in [5.74, 6) is -0.461. The molecule has 1 N–H and O–H groups in total. The SMILES string of the molecule is O=C(OC(C(F)(F)F)C(F)(F)F)N1CC(C2(NS(=O)(=O)c3cccnc3)CC2)C1. The van der Waals surface area contributed by atoms with Crippen LogP contribution in [-0.4, -0.2) is 61.5 Å². The number of aromatic nitrogens is 1. The smallest absolute Gasteiger partial charge is 0.426 e. The van der Waals surface area contributed by atoms with Crippen molar-refractivity contribution in [2.75, 3.05) is 13.1 Å². The van der Waals surface area contributed by atoms with Gasteiger partial charge in [-0.05, 0) is 25.0 Å². The zero-order chi connectivity index (χ0) is 21.7. The number of rotatable bonds is 5. The first-order valence-corrected chi connectivity index (χ1v) is 9.76. The molecule has 0 bridgehead atoms. The van der Waals surface area contributed by atoms with Crippen molar-refractivity contribution in [2.45, 2.75) is 41.7 Å². The molecular formula is C15H15F6N3O4S. The number of halogens is 6. The third-order valence-corrected chi connectivity index (χ3v) is 6.34. The van der Waals surface area contributed by atoms with Crippen molar-refractivity contribution in [2.24, 2.45) is 5.92 Å². The highest BCUT2D eigenvalue weighted by atomic mass is 32.2. The molecule has 2 fully saturated rings. The van der Waals surface area contributed by atoms with E-state index in [-0.39, 0.29) is 18.0 Å². The predicted molar refractivity (Wildman–Crippen MR) is 84.0 cm³/mol. The summed E-state index contributed by atoms with van der Waals surface area (Å²) in [5, 5.41) is 0. The number of carbonyl (C=O) groups excluding carboxylic acids is 1. The van der Waals surface area contributed by atoms with Crippen molar-refractivity contribution in [3.8, 4) is 0 Å². The van der Waals surface area contributed by atoms with Gasteiger partial charge in [0, 0.05) is 36.9 Å². The molecule has 3 rings (SSSR count). The molecule has 1 saturated heterocycles. The summed E-state index contributed by atoms with van der Waals surface area (Å²) in [4.78, 5) is 16.0. The second-order valence-corrected chi connectivity index (χ2v) is 8.58. The van der Waals surface area contributed by atoms with E-state index in [9.17, 15) is 39.6 Å². The molecule has 2 aliphatic rings. The summed E-state index contributed by atoms with van der Waals surface area (Å²) in [7, 11) is -3.92. The minimum Gasteiger partial charge on any atom is -0.426 e. The van der Waals surface area contributed by atoms with Gasteiger partial charge < -0.3 is 9.64 Å². The molecule has 1 aliphatic heterocycles. The Bertz CT molecular complexity index is 850. The number of likely N-dealkylation sites (tertiary alicyclic amines) is 1. The lowest BCUT2D eigenvalue weighted by Crippen LogP contribution is -2.61. The van der Waals surface area contributed by atoms with Crippen LogP contribution in [0.1, 0.15) is 12.8 Å². The second kappa shape index (κ2) is 7.00. The number of nitrogens with zero attached hydrogens (tertiary/aromatic N) is 2. The van der Waals surface area contributed by atoms with E-state index in [1.807, 2.05) is 0 Å². The molecule has 1 aliphatic carbocycles. The van der Waals surface area contributed by atoms with E-state index in [0.29, 0.717) is 17.7 Å². The first-order chi connectivity index (χ1) is 13.2. The van der Waals surface area contributed by atoms with Crippen LogP contribution >= 0.6 is 0 Å². The topological polar surface area (TPSA) is 88.6 Å². The fourth-order valence-corrected chi connectivity index (χ4v) is 4.51. The van der Waals surface area contributed by atoms with Gasteiger partial charge in [-0.1, -0.05) is 0 Å². The average molecular weight is 447 g/mol. The largest absolute Gasteiger partial charge is 0.434 e. The minimum atomic E-state index is -5.80. The van der Waals surface area contributed by atoms with Crippen molar-refractivity contribution in [1.29, 1.82) is 0 Å². The number of pyridine rings is 1. The second-order valence-electron chi connectivity index (χ2n) is 6.90. The van der Waals surface area contributed by atoms with Crippen LogP contribution in [0.15, 0.2) is 29.4 Å². The maximum absolute atomic E-state index is 12.5. The van der Waals surface area contributed by atoms with Crippen molar-refractivity contribution < 1.29 is 44.3 Å². The fourth-order valence-electron chi connectivity index (χ4n) is 3.03. The van der Waals surface area contributed by atoms with Gasteiger partial charge in [-0.2, -0.15) is 26.3 Å². The van der Waals surface area contributed by atoms with Gasteiger partial charge in [0.2, 0.25) is 10.0 Å². The highest BCUT2D eigenvalue weighted by Gasteiger charge is 2.61. The normalized spacial score (nSPS) is 19.8. The van der Waals surface area contributed by atoms with Gasteiger partial charge in [0.25, 0.3) is 6.10 Å². The number of hydrogen-bond donors (Lipinski definition) is 1. The first kappa shape index (κ1) is 21.6. The van der Waals surface area contributed by atoms with Crippen LogP contribution in [-0.2, 0) is 14.8 Å². The van der Waals surface area contributed by atoms with Gasteiger partial charge in [0.15, 0.2) is 0 Å². The number of hydrogen-bond acceptors (Lipinski definition) is 5. The van der Waals surface area contributed by atoms with Crippen LogP contribution in [0.4, 0.5) is 31.1 Å². The molecule has 29 heavy (non-hydrogen) atoms. The average Bonchev–Trinajstić information content (AvgIpc) is 3.29. The Balaban J connectivity index is 1.60. The van der Waals surface area contributed by atoms with Crippen molar-refractivity contribution in [3.63, 3.8) is 0 Å². The molecule has 0 aromatic carbocycles. The highest BCUT2D eigenvalue weighted by Crippen LogP contribution is 2.47. The third kappa shape index (κ3) is 4.57. The summed E-state index contributed by atoms with van der Waals surface area (Å²) < 4.78 is 106. The molecule has 1 aromatic heterocycles. The summed E-state index contributed by atoms with van der Waals surface area (Å²) in [5.41, 5.74) is -0.904. The van der Waals surface area contributed by atoms with Crippen LogP contribution in [0.2, 0.25) is 0 Å². The van der Waals surface area contributed by atoms with Crippen LogP contribution in [0, 0.1) is 5.92 Å². The third-order valence-electron chi connectivity index (χ3n) is 4.81. The Labute approximate surface area is 161 Å². The van der Waals surface area contributed by atoms with E-state index < -0.39 is 46.0 Å². The first-order valence-electron chi connectivity index (χ1n) is 8.28. The Morgan fingerprint density at radius 1 is 1.21 bits per heavy atom. The Kier molecular flexibility index (Phi) is 5.22. The minimum absolute atomic E-state index is 0.0833. The molecule has 14 heteroatoms. The zero-order valence-electron chi connectivity index (χ0n) is 14.5. The lowest BCUT2D eigenvalue weighted by atomic mass is 9.90. The van der Waals surface area contributed by atoms with E-state index in [4.69, 9.17) is 0 Å². The van der Waals surface area contributed by atoms with Crippen molar-refractivity contribution in [3.05, 3.63) is 24.5 Å². The van der Waals surface area contributed by atoms with Crippen LogP contribution in [0.3, 0.4) is 0 Å². The number of nitrogens with one attached hydrogen (secondary N) is 1. The van der Waals surface area contributed by atoms with Gasteiger partial charge in [0.1, 0.15) is 4.90 Å². The molecule has 1 saturated carbocycles. The van der Waals surface area contributed by atoms with E-state index in [1.165, 1.54) is 18.3 Å². The number of ether oxygens (including phenoxy) is 1. The lowest BCUT2D eigenvalue weighted by molar-refractivity contribution is -0.309. The van der Waals surface area contributed by atoms with Crippen LogP contribution in [0.25, 0.3) is 0 Å². The van der Waals surface area contributed by atoms with Crippen LogP contribution < -0.4 is 4.72 Å². The van der Waals surface area contributed by atoms with Crippen LogP contribution in [0.5, 0.6) is 0 Å². The molecule has 2 heterocycles. The van der Waals surface area contributed by atoms with Gasteiger partial charge >= 0.3 is 18.4 Å². The highest BCUT2D eigenvalue weighted by molar-refractivity contribution is 7.89. The van der Waals surface area contributed by atoms with Crippen molar-refractivity contribution in [1.82, 2.24) is 14.6 Å². The summed E-state index contributed by atoms with van der Waals surface area (Å²) in [6, 6.07) is 2.75. The van der Waals surface area contributed by atoms with Gasteiger partial charge in [-0.25, -0.2) is 17.9 Å². The maximum Gasteiger partial charge on any atom is 0.434 e. The molecule has 7 nitrogen and oxygen atoms in total. The monoisotopic (exact) mass is 447 g/mol. The number of carbonyl (C=O) groups is 1. The van der Waals surface area contributed by atoms with E-state index in [1.54, 1.807) is 0 Å². The summed E-state index contributed by atoms with van der Waals surface area (Å²) in [6.07, 6.45) is -14.2. The van der Waals surface area contributed by atoms with Gasteiger partial charge in [-0.3, -0.25) is 4.98 Å². The zero-order valence-corrected chi connectivity index (χ0v) is 15.3. The molecule has 162 valence electrons. The molecule has 0 spiro atoms.